The number of amides is 1. The van der Waals surface area contributed by atoms with Crippen molar-refractivity contribution < 1.29 is 9.18 Å². The molecule has 29 heavy (non-hydrogen) atoms. The lowest BCUT2D eigenvalue weighted by atomic mass is 10.1. The maximum atomic E-state index is 13.4. The van der Waals surface area contributed by atoms with Crippen LogP contribution in [-0.4, -0.2) is 41.7 Å². The Morgan fingerprint density at radius 1 is 1.14 bits per heavy atom. The van der Waals surface area contributed by atoms with Gasteiger partial charge in [0.1, 0.15) is 5.82 Å². The molecule has 0 unspecified atom stereocenters. The Bertz CT molecular complexity index is 1200. The van der Waals surface area contributed by atoms with Crippen molar-refractivity contribution in [1.29, 1.82) is 0 Å². The van der Waals surface area contributed by atoms with E-state index in [4.69, 9.17) is 0 Å². The van der Waals surface area contributed by atoms with Gasteiger partial charge < -0.3 is 4.90 Å². The van der Waals surface area contributed by atoms with Gasteiger partial charge in [-0.3, -0.25) is 9.20 Å². The zero-order valence-corrected chi connectivity index (χ0v) is 15.9. The minimum Gasteiger partial charge on any atom is -0.328 e. The van der Waals surface area contributed by atoms with Crippen LogP contribution in [-0.2, 0) is 0 Å². The lowest BCUT2D eigenvalue weighted by Gasteiger charge is -2.23. The molecule has 1 aromatic carbocycles. The van der Waals surface area contributed by atoms with Gasteiger partial charge >= 0.3 is 0 Å². The molecule has 0 saturated carbocycles. The summed E-state index contributed by atoms with van der Waals surface area (Å²) in [4.78, 5) is 15.2. The fraction of sp³-hybridized carbons (Fsp3) is 0.238. The number of likely N-dealkylation sites (tertiary alicyclic amines) is 1. The third kappa shape index (κ3) is 2.88. The first-order chi connectivity index (χ1) is 14.1. The molecular weight excluding hydrogens is 371 g/mol. The summed E-state index contributed by atoms with van der Waals surface area (Å²) in [6.45, 7) is 2.51. The summed E-state index contributed by atoms with van der Waals surface area (Å²) in [6, 6.07) is 11.7. The molecule has 1 aliphatic heterocycles. The maximum Gasteiger partial charge on any atom is 0.257 e. The molecule has 146 valence electrons. The molecule has 8 heteroatoms. The molecule has 0 spiro atoms. The quantitative estimate of drug-likeness (QED) is 0.538. The standard InChI is InChI=1S/C21H19FN6O/c1-14-17(13-23-28(14)16-9-7-15(22)8-10-16)21(29)26-12-4-5-18(26)20-25-24-19-6-2-3-11-27(19)20/h2-3,6-11,13,18H,4-5,12H2,1H3/t18-/m1/s1. The molecule has 1 saturated heterocycles. The third-order valence-corrected chi connectivity index (χ3v) is 5.46. The van der Waals surface area contributed by atoms with Gasteiger partial charge in [-0.1, -0.05) is 6.07 Å². The molecule has 3 aromatic heterocycles. The van der Waals surface area contributed by atoms with Crippen LogP contribution in [0.4, 0.5) is 4.39 Å². The van der Waals surface area contributed by atoms with Crippen molar-refractivity contribution in [3.63, 3.8) is 0 Å². The van der Waals surface area contributed by atoms with E-state index in [1.54, 1.807) is 23.0 Å². The number of carbonyl (C=O) groups is 1. The van der Waals surface area contributed by atoms with Crippen LogP contribution in [0.1, 0.15) is 40.8 Å². The van der Waals surface area contributed by atoms with Crippen LogP contribution in [0, 0.1) is 12.7 Å². The number of nitrogens with zero attached hydrogens (tertiary/aromatic N) is 6. The molecule has 1 fully saturated rings. The average Bonchev–Trinajstić information content (AvgIpc) is 3.46. The number of aromatic nitrogens is 5. The molecule has 4 heterocycles. The Morgan fingerprint density at radius 2 is 1.97 bits per heavy atom. The normalized spacial score (nSPS) is 16.6. The zero-order valence-electron chi connectivity index (χ0n) is 15.9. The summed E-state index contributed by atoms with van der Waals surface area (Å²) in [5.41, 5.74) is 2.74. The maximum absolute atomic E-state index is 13.4. The van der Waals surface area contributed by atoms with Crippen molar-refractivity contribution in [1.82, 2.24) is 29.3 Å². The summed E-state index contributed by atoms with van der Waals surface area (Å²) in [7, 11) is 0. The molecule has 1 atom stereocenters. The lowest BCUT2D eigenvalue weighted by molar-refractivity contribution is 0.0728. The van der Waals surface area contributed by atoms with Crippen LogP contribution >= 0.6 is 0 Å². The summed E-state index contributed by atoms with van der Waals surface area (Å²) in [5, 5.41) is 12.9. The van der Waals surface area contributed by atoms with Crippen LogP contribution in [0.15, 0.2) is 54.9 Å². The zero-order chi connectivity index (χ0) is 20.0. The van der Waals surface area contributed by atoms with Gasteiger partial charge in [0.2, 0.25) is 0 Å². The van der Waals surface area contributed by atoms with E-state index in [2.05, 4.69) is 15.3 Å². The van der Waals surface area contributed by atoms with Crippen LogP contribution in [0.5, 0.6) is 0 Å². The van der Waals surface area contributed by atoms with E-state index in [0.29, 0.717) is 17.8 Å². The highest BCUT2D eigenvalue weighted by atomic mass is 19.1. The molecule has 1 aliphatic rings. The van der Waals surface area contributed by atoms with Gasteiger partial charge in [-0.25, -0.2) is 9.07 Å². The van der Waals surface area contributed by atoms with Gasteiger partial charge in [0.15, 0.2) is 11.5 Å². The summed E-state index contributed by atoms with van der Waals surface area (Å²) in [5.74, 6) is 0.386. The predicted molar refractivity (Wildman–Crippen MR) is 104 cm³/mol. The number of carbonyl (C=O) groups excluding carboxylic acids is 1. The van der Waals surface area contributed by atoms with Crippen molar-refractivity contribution in [2.24, 2.45) is 0 Å². The van der Waals surface area contributed by atoms with E-state index < -0.39 is 0 Å². The van der Waals surface area contributed by atoms with Crippen molar-refractivity contribution in [3.8, 4) is 5.69 Å². The second-order valence-electron chi connectivity index (χ2n) is 7.18. The molecular formula is C21H19FN6O. The number of hydrogen-bond acceptors (Lipinski definition) is 4. The minimum absolute atomic E-state index is 0.0777. The molecule has 1 amide bonds. The fourth-order valence-corrected chi connectivity index (χ4v) is 3.98. The van der Waals surface area contributed by atoms with Crippen molar-refractivity contribution >= 4 is 11.6 Å². The van der Waals surface area contributed by atoms with Crippen molar-refractivity contribution in [3.05, 3.63) is 77.8 Å². The highest BCUT2D eigenvalue weighted by Gasteiger charge is 2.35. The Kier molecular flexibility index (Phi) is 4.12. The van der Waals surface area contributed by atoms with E-state index in [9.17, 15) is 9.18 Å². The van der Waals surface area contributed by atoms with Gasteiger partial charge in [-0.2, -0.15) is 5.10 Å². The molecule has 0 radical (unpaired) electrons. The van der Waals surface area contributed by atoms with E-state index in [-0.39, 0.29) is 17.8 Å². The molecule has 0 N–H and O–H groups in total. The first kappa shape index (κ1) is 17.5. The van der Waals surface area contributed by atoms with Crippen LogP contribution in [0.2, 0.25) is 0 Å². The van der Waals surface area contributed by atoms with Gasteiger partial charge in [-0.05, 0) is 56.2 Å². The number of halogens is 1. The van der Waals surface area contributed by atoms with E-state index in [1.165, 1.54) is 12.1 Å². The molecule has 5 rings (SSSR count). The molecule has 4 aromatic rings. The minimum atomic E-state index is -0.310. The van der Waals surface area contributed by atoms with Crippen molar-refractivity contribution in [2.45, 2.75) is 25.8 Å². The molecule has 0 bridgehead atoms. The lowest BCUT2D eigenvalue weighted by Crippen LogP contribution is -2.31. The number of benzene rings is 1. The number of pyridine rings is 1. The second kappa shape index (κ2) is 6.80. The van der Waals surface area contributed by atoms with E-state index in [1.807, 2.05) is 40.6 Å². The summed E-state index contributed by atoms with van der Waals surface area (Å²) in [6.07, 6.45) is 5.25. The first-order valence-electron chi connectivity index (χ1n) is 9.54. The van der Waals surface area contributed by atoms with Crippen LogP contribution in [0.25, 0.3) is 11.3 Å². The van der Waals surface area contributed by atoms with E-state index >= 15 is 0 Å². The van der Waals surface area contributed by atoms with Gasteiger partial charge in [0, 0.05) is 12.7 Å². The van der Waals surface area contributed by atoms with Crippen LogP contribution < -0.4 is 0 Å². The number of hydrogen-bond donors (Lipinski definition) is 0. The molecule has 0 aliphatic carbocycles. The fourth-order valence-electron chi connectivity index (χ4n) is 3.98. The highest BCUT2D eigenvalue weighted by molar-refractivity contribution is 5.95. The third-order valence-electron chi connectivity index (χ3n) is 5.46. The Hall–Kier alpha value is -3.55. The Labute approximate surface area is 166 Å². The number of rotatable bonds is 3. The molecule has 7 nitrogen and oxygen atoms in total. The van der Waals surface area contributed by atoms with E-state index in [0.717, 1.165) is 30.0 Å². The predicted octanol–water partition coefficient (Wildman–Crippen LogP) is 3.34. The highest BCUT2D eigenvalue weighted by Crippen LogP contribution is 2.33. The summed E-state index contributed by atoms with van der Waals surface area (Å²) < 4.78 is 16.8. The first-order valence-corrected chi connectivity index (χ1v) is 9.54. The smallest absolute Gasteiger partial charge is 0.257 e. The van der Waals surface area contributed by atoms with Gasteiger partial charge in [0.25, 0.3) is 5.91 Å². The SMILES string of the molecule is Cc1c(C(=O)N2CCC[C@@H]2c2nnc3ccccn23)cnn1-c1ccc(F)cc1. The Morgan fingerprint density at radius 3 is 2.79 bits per heavy atom. The topological polar surface area (TPSA) is 68.3 Å². The average molecular weight is 390 g/mol. The van der Waals surface area contributed by atoms with Crippen molar-refractivity contribution in [2.75, 3.05) is 6.54 Å². The monoisotopic (exact) mass is 390 g/mol. The Balaban J connectivity index is 1.48. The summed E-state index contributed by atoms with van der Waals surface area (Å²) >= 11 is 0. The largest absolute Gasteiger partial charge is 0.328 e. The van der Waals surface area contributed by atoms with Gasteiger partial charge in [0.05, 0.1) is 29.2 Å². The van der Waals surface area contributed by atoms with Crippen LogP contribution in [0.3, 0.4) is 0 Å². The van der Waals surface area contributed by atoms with Gasteiger partial charge in [-0.15, -0.1) is 10.2 Å². The number of fused-ring (bicyclic) bond motifs is 1. The second-order valence-corrected chi connectivity index (χ2v) is 7.18.